The van der Waals surface area contributed by atoms with E-state index in [2.05, 4.69) is 4.74 Å². The van der Waals surface area contributed by atoms with Gasteiger partial charge in [0, 0.05) is 6.54 Å². The van der Waals surface area contributed by atoms with E-state index in [1.165, 1.54) is 0 Å². The maximum absolute atomic E-state index is 12.6. The molecule has 0 amide bonds. The molecule has 0 aliphatic carbocycles. The third-order valence-electron chi connectivity index (χ3n) is 2.74. The zero-order valence-corrected chi connectivity index (χ0v) is 8.67. The summed E-state index contributed by atoms with van der Waals surface area (Å²) in [7, 11) is 2.81. The van der Waals surface area contributed by atoms with Crippen molar-refractivity contribution in [1.82, 2.24) is 4.90 Å². The van der Waals surface area contributed by atoms with E-state index in [1.807, 2.05) is 0 Å². The van der Waals surface area contributed by atoms with Gasteiger partial charge in [0.2, 0.25) is 0 Å². The number of carbonyl (C=O) groups excluding carboxylic acids is 1. The van der Waals surface area contributed by atoms with Crippen LogP contribution in [0.3, 0.4) is 0 Å². The predicted octanol–water partition coefficient (Wildman–Crippen LogP) is 1.29. The molecule has 2 atom stereocenters. The molecule has 1 aliphatic heterocycles. The Kier molecular flexibility index (Phi) is 3.59. The van der Waals surface area contributed by atoms with Gasteiger partial charge < -0.3 is 9.64 Å². The zero-order valence-electron chi connectivity index (χ0n) is 8.67. The molecule has 2 unspecified atom stereocenters. The molecule has 1 heterocycles. The second-order valence-electron chi connectivity index (χ2n) is 3.83. The summed E-state index contributed by atoms with van der Waals surface area (Å²) in [5, 5.41) is 0. The Balaban J connectivity index is 2.80. The van der Waals surface area contributed by atoms with Gasteiger partial charge in [0.05, 0.1) is 18.9 Å². The van der Waals surface area contributed by atoms with Crippen molar-refractivity contribution in [2.45, 2.75) is 12.6 Å². The van der Waals surface area contributed by atoms with Crippen molar-refractivity contribution in [3.05, 3.63) is 0 Å². The van der Waals surface area contributed by atoms with Crippen LogP contribution in [0.2, 0.25) is 0 Å². The van der Waals surface area contributed by atoms with Gasteiger partial charge in [-0.05, 0) is 20.0 Å². The first-order valence-electron chi connectivity index (χ1n) is 4.69. The first-order chi connectivity index (χ1) is 6.86. The van der Waals surface area contributed by atoms with Crippen LogP contribution in [-0.2, 0) is 9.53 Å². The van der Waals surface area contributed by atoms with E-state index in [4.69, 9.17) is 0 Å². The van der Waals surface area contributed by atoms with Crippen LogP contribution in [0.4, 0.5) is 13.2 Å². The molecule has 1 fully saturated rings. The summed E-state index contributed by atoms with van der Waals surface area (Å²) in [6, 6.07) is 0. The normalized spacial score (nSPS) is 28.9. The largest absolute Gasteiger partial charge is 0.469 e. The summed E-state index contributed by atoms with van der Waals surface area (Å²) in [6.45, 7) is 0.467. The first-order valence-corrected chi connectivity index (χ1v) is 4.69. The van der Waals surface area contributed by atoms with E-state index in [0.717, 1.165) is 7.11 Å². The van der Waals surface area contributed by atoms with Gasteiger partial charge >= 0.3 is 12.1 Å². The first kappa shape index (κ1) is 12.3. The Hall–Kier alpha value is -0.780. The van der Waals surface area contributed by atoms with Gasteiger partial charge in [-0.1, -0.05) is 0 Å². The minimum Gasteiger partial charge on any atom is -0.469 e. The molecule has 1 saturated heterocycles. The smallest absolute Gasteiger partial charge is 0.392 e. The number of hydrogen-bond donors (Lipinski definition) is 0. The summed E-state index contributed by atoms with van der Waals surface area (Å²) in [5.74, 6) is -3.43. The van der Waals surface area contributed by atoms with Gasteiger partial charge in [0.25, 0.3) is 0 Å². The van der Waals surface area contributed by atoms with Crippen LogP contribution in [0, 0.1) is 11.8 Å². The fourth-order valence-corrected chi connectivity index (χ4v) is 1.90. The van der Waals surface area contributed by atoms with Crippen LogP contribution in [0.15, 0.2) is 0 Å². The predicted molar refractivity (Wildman–Crippen MR) is 47.2 cm³/mol. The van der Waals surface area contributed by atoms with Gasteiger partial charge in [0.15, 0.2) is 0 Å². The maximum Gasteiger partial charge on any atom is 0.392 e. The summed E-state index contributed by atoms with van der Waals surface area (Å²) in [5.41, 5.74) is 0. The number of esters is 1. The van der Waals surface area contributed by atoms with Gasteiger partial charge in [-0.15, -0.1) is 0 Å². The molecule has 1 rings (SSSR count). The Morgan fingerprint density at radius 1 is 1.47 bits per heavy atom. The number of carbonyl (C=O) groups is 1. The van der Waals surface area contributed by atoms with Gasteiger partial charge in [-0.2, -0.15) is 13.2 Å². The number of hydrogen-bond acceptors (Lipinski definition) is 3. The van der Waals surface area contributed by atoms with Crippen LogP contribution in [-0.4, -0.2) is 44.3 Å². The number of piperidine rings is 1. The lowest BCUT2D eigenvalue weighted by atomic mass is 9.85. The van der Waals surface area contributed by atoms with Crippen LogP contribution >= 0.6 is 0 Å². The molecule has 0 aromatic heterocycles. The average molecular weight is 225 g/mol. The quantitative estimate of drug-likeness (QED) is 0.630. The zero-order chi connectivity index (χ0) is 11.6. The molecule has 15 heavy (non-hydrogen) atoms. The van der Waals surface area contributed by atoms with Crippen LogP contribution in [0.1, 0.15) is 6.42 Å². The lowest BCUT2D eigenvalue weighted by molar-refractivity contribution is -0.207. The van der Waals surface area contributed by atoms with Crippen molar-refractivity contribution in [3.63, 3.8) is 0 Å². The van der Waals surface area contributed by atoms with Crippen molar-refractivity contribution >= 4 is 5.97 Å². The molecular weight excluding hydrogens is 211 g/mol. The number of methoxy groups -OCH3 is 1. The number of ether oxygens (including phenoxy) is 1. The minimum atomic E-state index is -4.32. The Morgan fingerprint density at radius 3 is 2.53 bits per heavy atom. The molecule has 3 nitrogen and oxygen atoms in total. The van der Waals surface area contributed by atoms with E-state index >= 15 is 0 Å². The molecule has 0 aromatic carbocycles. The molecule has 0 radical (unpaired) electrons. The second-order valence-corrected chi connectivity index (χ2v) is 3.83. The fourth-order valence-electron chi connectivity index (χ4n) is 1.90. The van der Waals surface area contributed by atoms with Crippen molar-refractivity contribution < 1.29 is 22.7 Å². The number of halogens is 3. The minimum absolute atomic E-state index is 0.0419. The van der Waals surface area contributed by atoms with E-state index in [1.54, 1.807) is 11.9 Å². The summed E-state index contributed by atoms with van der Waals surface area (Å²) >= 11 is 0. The van der Waals surface area contributed by atoms with Gasteiger partial charge in [-0.3, -0.25) is 4.79 Å². The molecule has 1 aliphatic rings. The van der Waals surface area contributed by atoms with Crippen LogP contribution in [0.25, 0.3) is 0 Å². The highest BCUT2D eigenvalue weighted by molar-refractivity contribution is 5.73. The lowest BCUT2D eigenvalue weighted by Crippen LogP contribution is -2.47. The summed E-state index contributed by atoms with van der Waals surface area (Å²) < 4.78 is 42.2. The van der Waals surface area contributed by atoms with Crippen molar-refractivity contribution in [3.8, 4) is 0 Å². The topological polar surface area (TPSA) is 29.5 Å². The number of alkyl halides is 3. The fraction of sp³-hybridized carbons (Fsp3) is 0.889. The van der Waals surface area contributed by atoms with E-state index in [9.17, 15) is 18.0 Å². The Morgan fingerprint density at radius 2 is 2.07 bits per heavy atom. The van der Waals surface area contributed by atoms with Crippen molar-refractivity contribution in [1.29, 1.82) is 0 Å². The second kappa shape index (κ2) is 4.38. The highest BCUT2D eigenvalue weighted by atomic mass is 19.4. The average Bonchev–Trinajstić information content (AvgIpc) is 2.14. The molecule has 0 aromatic rings. The number of likely N-dealkylation sites (tertiary alicyclic amines) is 1. The summed E-state index contributed by atoms with van der Waals surface area (Å²) in [4.78, 5) is 12.9. The molecule has 0 saturated carbocycles. The monoisotopic (exact) mass is 225 g/mol. The van der Waals surface area contributed by atoms with Gasteiger partial charge in [0.1, 0.15) is 0 Å². The van der Waals surface area contributed by atoms with E-state index < -0.39 is 24.0 Å². The highest BCUT2D eigenvalue weighted by Crippen LogP contribution is 2.37. The maximum atomic E-state index is 12.6. The van der Waals surface area contributed by atoms with Crippen LogP contribution < -0.4 is 0 Å². The molecule has 88 valence electrons. The lowest BCUT2D eigenvalue weighted by Gasteiger charge is -2.35. The standard InChI is InChI=1S/C9H14F3NO2/c1-13-4-3-7(9(10,11)12)6(5-13)8(14)15-2/h6-7H,3-5H2,1-2H3. The Bertz CT molecular complexity index is 242. The SMILES string of the molecule is COC(=O)C1CN(C)CCC1C(F)(F)F. The highest BCUT2D eigenvalue weighted by Gasteiger charge is 2.49. The van der Waals surface area contributed by atoms with Crippen LogP contribution in [0.5, 0.6) is 0 Å². The van der Waals surface area contributed by atoms with E-state index in [-0.39, 0.29) is 13.0 Å². The Labute approximate surface area is 86.2 Å². The number of rotatable bonds is 1. The third kappa shape index (κ3) is 2.84. The van der Waals surface area contributed by atoms with Gasteiger partial charge in [-0.25, -0.2) is 0 Å². The number of nitrogens with zero attached hydrogens (tertiary/aromatic N) is 1. The van der Waals surface area contributed by atoms with Crippen molar-refractivity contribution in [2.24, 2.45) is 11.8 Å². The molecule has 6 heteroatoms. The molecule has 0 spiro atoms. The molecular formula is C9H14F3NO2. The third-order valence-corrected chi connectivity index (χ3v) is 2.74. The van der Waals surface area contributed by atoms with Crippen molar-refractivity contribution in [2.75, 3.05) is 27.2 Å². The molecule has 0 bridgehead atoms. The molecule has 0 N–H and O–H groups in total. The van der Waals surface area contributed by atoms with E-state index in [0.29, 0.717) is 6.54 Å². The summed E-state index contributed by atoms with van der Waals surface area (Å²) in [6.07, 6.45) is -4.36.